The number of carbonyl (C=O) groups excluding carboxylic acids is 1. The van der Waals surface area contributed by atoms with Gasteiger partial charge in [0.15, 0.2) is 23.2 Å². The molecule has 0 N–H and O–H groups in total. The molecule has 0 radical (unpaired) electrons. The number of aromatic nitrogens is 2. The zero-order valence-corrected chi connectivity index (χ0v) is 10.7. The Morgan fingerprint density at radius 1 is 1.37 bits per heavy atom. The summed E-state index contributed by atoms with van der Waals surface area (Å²) in [5.41, 5.74) is 1.08. The van der Waals surface area contributed by atoms with Crippen molar-refractivity contribution in [3.05, 3.63) is 42.1 Å². The number of ketones is 1. The molecular weight excluding hydrogens is 247 g/mol. The minimum Gasteiger partial charge on any atom is -0.491 e. The number of Topliss-reactive ketones (excluding diaryl/α,β-unsaturated/α-hetero) is 1. The number of carbonyl (C=O) groups is 1. The third-order valence-corrected chi connectivity index (χ3v) is 2.50. The van der Waals surface area contributed by atoms with Crippen molar-refractivity contribution >= 4 is 5.78 Å². The highest BCUT2D eigenvalue weighted by Gasteiger charge is 2.09. The zero-order chi connectivity index (χ0) is 13.8. The lowest BCUT2D eigenvalue weighted by Gasteiger charge is -2.07. The monoisotopic (exact) mass is 260 g/mol. The van der Waals surface area contributed by atoms with Crippen molar-refractivity contribution in [2.75, 3.05) is 6.61 Å². The van der Waals surface area contributed by atoms with Gasteiger partial charge in [-0.25, -0.2) is 14.4 Å². The summed E-state index contributed by atoms with van der Waals surface area (Å²) in [6, 6.07) is 6.20. The maximum absolute atomic E-state index is 13.7. The molecule has 4 nitrogen and oxygen atoms in total. The predicted octanol–water partition coefficient (Wildman–Crippen LogP) is 2.88. The van der Waals surface area contributed by atoms with Crippen LogP contribution in [-0.4, -0.2) is 22.4 Å². The highest BCUT2D eigenvalue weighted by Crippen LogP contribution is 2.24. The van der Waals surface area contributed by atoms with Gasteiger partial charge in [0, 0.05) is 18.7 Å². The summed E-state index contributed by atoms with van der Waals surface area (Å²) in [6.45, 7) is 3.58. The number of ether oxygens (including phenoxy) is 1. The summed E-state index contributed by atoms with van der Waals surface area (Å²) in [6.07, 6.45) is 1.48. The molecule has 0 fully saturated rings. The zero-order valence-electron chi connectivity index (χ0n) is 10.7. The SMILES string of the molecule is CCOc1ccc(-c2ccnc(C(C)=O)n2)cc1F. The van der Waals surface area contributed by atoms with E-state index in [-0.39, 0.29) is 17.4 Å². The number of nitrogens with zero attached hydrogens (tertiary/aromatic N) is 2. The lowest BCUT2D eigenvalue weighted by molar-refractivity contribution is 0.100. The number of benzene rings is 1. The van der Waals surface area contributed by atoms with Crippen LogP contribution >= 0.6 is 0 Å². The van der Waals surface area contributed by atoms with Crippen molar-refractivity contribution in [3.8, 4) is 17.0 Å². The van der Waals surface area contributed by atoms with Crippen LogP contribution in [0.5, 0.6) is 5.75 Å². The van der Waals surface area contributed by atoms with Gasteiger partial charge < -0.3 is 4.74 Å². The van der Waals surface area contributed by atoms with Crippen LogP contribution in [0.1, 0.15) is 24.5 Å². The van der Waals surface area contributed by atoms with E-state index in [1.807, 2.05) is 0 Å². The molecule has 0 unspecified atom stereocenters. The molecule has 1 aromatic heterocycles. The Labute approximate surface area is 110 Å². The Kier molecular flexibility index (Phi) is 3.85. The lowest BCUT2D eigenvalue weighted by atomic mass is 10.1. The molecule has 5 heteroatoms. The Hall–Kier alpha value is -2.30. The average molecular weight is 260 g/mol. The number of rotatable bonds is 4. The maximum Gasteiger partial charge on any atom is 0.196 e. The van der Waals surface area contributed by atoms with Crippen molar-refractivity contribution < 1.29 is 13.9 Å². The summed E-state index contributed by atoms with van der Waals surface area (Å²) in [7, 11) is 0. The molecule has 0 spiro atoms. The van der Waals surface area contributed by atoms with Gasteiger partial charge in [-0.1, -0.05) is 0 Å². The van der Waals surface area contributed by atoms with Crippen LogP contribution in [0.15, 0.2) is 30.5 Å². The van der Waals surface area contributed by atoms with E-state index < -0.39 is 5.82 Å². The van der Waals surface area contributed by atoms with Crippen LogP contribution in [0.4, 0.5) is 4.39 Å². The maximum atomic E-state index is 13.7. The lowest BCUT2D eigenvalue weighted by Crippen LogP contribution is -2.01. The second-order valence-corrected chi connectivity index (χ2v) is 3.90. The quantitative estimate of drug-likeness (QED) is 0.793. The van der Waals surface area contributed by atoms with Crippen molar-refractivity contribution in [2.45, 2.75) is 13.8 Å². The van der Waals surface area contributed by atoms with Crippen molar-refractivity contribution in [3.63, 3.8) is 0 Å². The molecule has 1 aromatic carbocycles. The second-order valence-electron chi connectivity index (χ2n) is 3.90. The largest absolute Gasteiger partial charge is 0.491 e. The Morgan fingerprint density at radius 3 is 2.79 bits per heavy atom. The van der Waals surface area contributed by atoms with E-state index in [2.05, 4.69) is 9.97 Å². The molecule has 0 saturated heterocycles. The van der Waals surface area contributed by atoms with E-state index in [0.717, 1.165) is 0 Å². The fourth-order valence-electron chi connectivity index (χ4n) is 1.62. The van der Waals surface area contributed by atoms with Crippen LogP contribution in [0.2, 0.25) is 0 Å². The van der Waals surface area contributed by atoms with Crippen LogP contribution < -0.4 is 4.74 Å². The molecular formula is C14H13FN2O2. The first-order chi connectivity index (χ1) is 9.11. The molecule has 0 atom stereocenters. The fraction of sp³-hybridized carbons (Fsp3) is 0.214. The Morgan fingerprint density at radius 2 is 2.16 bits per heavy atom. The van der Waals surface area contributed by atoms with Crippen LogP contribution in [0, 0.1) is 5.82 Å². The first-order valence-electron chi connectivity index (χ1n) is 5.88. The Balaban J connectivity index is 2.39. The molecule has 2 rings (SSSR count). The number of hydrogen-bond acceptors (Lipinski definition) is 4. The summed E-state index contributed by atoms with van der Waals surface area (Å²) >= 11 is 0. The first kappa shape index (κ1) is 13.1. The van der Waals surface area contributed by atoms with Crippen LogP contribution in [0.3, 0.4) is 0 Å². The molecule has 0 amide bonds. The van der Waals surface area contributed by atoms with E-state index in [1.54, 1.807) is 25.1 Å². The summed E-state index contributed by atoms with van der Waals surface area (Å²) < 4.78 is 18.9. The van der Waals surface area contributed by atoms with E-state index >= 15 is 0 Å². The Bertz CT molecular complexity index is 614. The van der Waals surface area contributed by atoms with Gasteiger partial charge in [0.05, 0.1) is 12.3 Å². The van der Waals surface area contributed by atoms with Gasteiger partial charge in [0.2, 0.25) is 0 Å². The van der Waals surface area contributed by atoms with Crippen molar-refractivity contribution in [1.29, 1.82) is 0 Å². The highest BCUT2D eigenvalue weighted by atomic mass is 19.1. The molecule has 1 heterocycles. The van der Waals surface area contributed by atoms with Gasteiger partial charge in [-0.2, -0.15) is 0 Å². The van der Waals surface area contributed by atoms with E-state index in [0.29, 0.717) is 17.9 Å². The smallest absolute Gasteiger partial charge is 0.196 e. The minimum absolute atomic E-state index is 0.117. The summed E-state index contributed by atoms with van der Waals surface area (Å²) in [5, 5.41) is 0. The molecule has 2 aromatic rings. The molecule has 98 valence electrons. The van der Waals surface area contributed by atoms with Gasteiger partial charge in [0.1, 0.15) is 0 Å². The first-order valence-corrected chi connectivity index (χ1v) is 5.88. The van der Waals surface area contributed by atoms with E-state index in [1.165, 1.54) is 19.2 Å². The number of halogens is 1. The van der Waals surface area contributed by atoms with Gasteiger partial charge in [-0.15, -0.1) is 0 Å². The molecule has 0 bridgehead atoms. The van der Waals surface area contributed by atoms with E-state index in [9.17, 15) is 9.18 Å². The van der Waals surface area contributed by atoms with E-state index in [4.69, 9.17) is 4.74 Å². The standard InChI is InChI=1S/C14H13FN2O2/c1-3-19-13-5-4-10(8-11(13)15)12-6-7-16-14(17-12)9(2)18/h4-8H,3H2,1-2H3. The van der Waals surface area contributed by atoms with Crippen LogP contribution in [0.25, 0.3) is 11.3 Å². The molecule has 19 heavy (non-hydrogen) atoms. The molecule has 0 saturated carbocycles. The average Bonchev–Trinajstić information content (AvgIpc) is 2.41. The molecule has 0 aliphatic rings. The predicted molar refractivity (Wildman–Crippen MR) is 68.6 cm³/mol. The van der Waals surface area contributed by atoms with Crippen molar-refractivity contribution in [2.24, 2.45) is 0 Å². The molecule has 0 aliphatic heterocycles. The number of hydrogen-bond donors (Lipinski definition) is 0. The van der Waals surface area contributed by atoms with Gasteiger partial charge >= 0.3 is 0 Å². The fourth-order valence-corrected chi connectivity index (χ4v) is 1.62. The second kappa shape index (κ2) is 5.56. The van der Waals surface area contributed by atoms with Crippen molar-refractivity contribution in [1.82, 2.24) is 9.97 Å². The normalized spacial score (nSPS) is 10.3. The topological polar surface area (TPSA) is 52.1 Å². The molecule has 0 aliphatic carbocycles. The highest BCUT2D eigenvalue weighted by molar-refractivity contribution is 5.90. The van der Waals surface area contributed by atoms with Gasteiger partial charge in [-0.3, -0.25) is 4.79 Å². The third-order valence-electron chi connectivity index (χ3n) is 2.50. The third kappa shape index (κ3) is 2.93. The summed E-state index contributed by atoms with van der Waals surface area (Å²) in [5.74, 6) is -0.366. The van der Waals surface area contributed by atoms with Gasteiger partial charge in [-0.05, 0) is 31.2 Å². The minimum atomic E-state index is -0.456. The van der Waals surface area contributed by atoms with Gasteiger partial charge in [0.25, 0.3) is 0 Å². The van der Waals surface area contributed by atoms with Crippen LogP contribution in [-0.2, 0) is 0 Å². The summed E-state index contributed by atoms with van der Waals surface area (Å²) in [4.78, 5) is 19.2.